The molecular formula is C23H25F2N3O3. The molecule has 1 atom stereocenters. The number of cyclic esters (lactones) is 1. The monoisotopic (exact) mass is 429 g/mol. The number of nitrogens with zero attached hydrogens (tertiary/aromatic N) is 2. The average molecular weight is 429 g/mol. The first-order valence-corrected chi connectivity index (χ1v) is 10.5. The van der Waals surface area contributed by atoms with Crippen molar-refractivity contribution in [3.63, 3.8) is 0 Å². The van der Waals surface area contributed by atoms with Gasteiger partial charge in [0.2, 0.25) is 5.91 Å². The van der Waals surface area contributed by atoms with Gasteiger partial charge in [-0.2, -0.15) is 0 Å². The van der Waals surface area contributed by atoms with Crippen molar-refractivity contribution < 1.29 is 23.1 Å². The van der Waals surface area contributed by atoms with Crippen LogP contribution in [0.5, 0.6) is 0 Å². The SMILES string of the molecule is CC(=O)NCC1CN(c2ccc(-c3ccc(N4CCCCC4)c(F)c3)c(F)c2)C(=O)O1. The molecule has 0 aromatic heterocycles. The first kappa shape index (κ1) is 21.1. The molecule has 0 saturated carbocycles. The minimum atomic E-state index is -0.598. The maximum Gasteiger partial charge on any atom is 0.414 e. The fourth-order valence-corrected chi connectivity index (χ4v) is 4.07. The van der Waals surface area contributed by atoms with E-state index in [2.05, 4.69) is 5.32 Å². The lowest BCUT2D eigenvalue weighted by atomic mass is 10.0. The summed E-state index contributed by atoms with van der Waals surface area (Å²) in [5.74, 6) is -1.14. The summed E-state index contributed by atoms with van der Waals surface area (Å²) in [6.07, 6.45) is 2.14. The van der Waals surface area contributed by atoms with E-state index in [-0.39, 0.29) is 30.4 Å². The zero-order valence-electron chi connectivity index (χ0n) is 17.4. The van der Waals surface area contributed by atoms with Gasteiger partial charge in [0.25, 0.3) is 0 Å². The Bertz CT molecular complexity index is 992. The van der Waals surface area contributed by atoms with E-state index in [0.717, 1.165) is 32.4 Å². The van der Waals surface area contributed by atoms with Gasteiger partial charge in [0.15, 0.2) is 0 Å². The lowest BCUT2D eigenvalue weighted by molar-refractivity contribution is -0.119. The van der Waals surface area contributed by atoms with Crippen molar-refractivity contribution in [1.29, 1.82) is 0 Å². The Morgan fingerprint density at radius 3 is 2.55 bits per heavy atom. The van der Waals surface area contributed by atoms with E-state index in [1.54, 1.807) is 18.2 Å². The third kappa shape index (κ3) is 4.62. The third-order valence-electron chi connectivity index (χ3n) is 5.67. The highest BCUT2D eigenvalue weighted by Gasteiger charge is 2.32. The number of rotatable bonds is 5. The van der Waals surface area contributed by atoms with Gasteiger partial charge < -0.3 is 15.0 Å². The van der Waals surface area contributed by atoms with Gasteiger partial charge in [-0.1, -0.05) is 6.07 Å². The molecule has 2 aliphatic heterocycles. The number of hydrogen-bond acceptors (Lipinski definition) is 4. The van der Waals surface area contributed by atoms with Crippen LogP contribution in [0, 0.1) is 11.6 Å². The minimum Gasteiger partial charge on any atom is -0.442 e. The first-order valence-electron chi connectivity index (χ1n) is 10.5. The van der Waals surface area contributed by atoms with Gasteiger partial charge in [-0.3, -0.25) is 9.69 Å². The van der Waals surface area contributed by atoms with E-state index < -0.39 is 18.0 Å². The van der Waals surface area contributed by atoms with Crippen LogP contribution >= 0.6 is 0 Å². The number of halogens is 2. The molecular weight excluding hydrogens is 404 g/mol. The Morgan fingerprint density at radius 2 is 1.87 bits per heavy atom. The summed E-state index contributed by atoms with van der Waals surface area (Å²) >= 11 is 0. The summed E-state index contributed by atoms with van der Waals surface area (Å²) in [5, 5.41) is 2.60. The maximum absolute atomic E-state index is 14.9. The molecule has 0 bridgehead atoms. The van der Waals surface area contributed by atoms with Crippen LogP contribution in [0.3, 0.4) is 0 Å². The molecule has 2 amide bonds. The van der Waals surface area contributed by atoms with Gasteiger partial charge >= 0.3 is 6.09 Å². The molecule has 1 N–H and O–H groups in total. The molecule has 0 radical (unpaired) electrons. The molecule has 2 aromatic rings. The normalized spacial score (nSPS) is 18.8. The van der Waals surface area contributed by atoms with Crippen LogP contribution in [-0.2, 0) is 9.53 Å². The Morgan fingerprint density at radius 1 is 1.10 bits per heavy atom. The van der Waals surface area contributed by atoms with E-state index in [9.17, 15) is 18.4 Å². The summed E-state index contributed by atoms with van der Waals surface area (Å²) in [4.78, 5) is 26.5. The van der Waals surface area contributed by atoms with Crippen molar-refractivity contribution >= 4 is 23.4 Å². The average Bonchev–Trinajstić information content (AvgIpc) is 3.13. The zero-order chi connectivity index (χ0) is 22.0. The third-order valence-corrected chi connectivity index (χ3v) is 5.67. The van der Waals surface area contributed by atoms with Crippen LogP contribution in [-0.4, -0.2) is 44.3 Å². The van der Waals surface area contributed by atoms with Crippen LogP contribution in [0.4, 0.5) is 25.0 Å². The van der Waals surface area contributed by atoms with E-state index in [0.29, 0.717) is 16.9 Å². The Balaban J connectivity index is 1.51. The molecule has 2 aromatic carbocycles. The number of hydrogen-bond donors (Lipinski definition) is 1. The van der Waals surface area contributed by atoms with Crippen LogP contribution in [0.1, 0.15) is 26.2 Å². The molecule has 1 unspecified atom stereocenters. The van der Waals surface area contributed by atoms with Crippen molar-refractivity contribution in [2.24, 2.45) is 0 Å². The lowest BCUT2D eigenvalue weighted by Gasteiger charge is -2.29. The lowest BCUT2D eigenvalue weighted by Crippen LogP contribution is -2.33. The fraction of sp³-hybridized carbons (Fsp3) is 0.391. The highest BCUT2D eigenvalue weighted by molar-refractivity contribution is 5.90. The zero-order valence-corrected chi connectivity index (χ0v) is 17.4. The van der Waals surface area contributed by atoms with Crippen molar-refractivity contribution in [2.45, 2.75) is 32.3 Å². The molecule has 164 valence electrons. The van der Waals surface area contributed by atoms with Gasteiger partial charge in [-0.25, -0.2) is 13.6 Å². The molecule has 0 spiro atoms. The van der Waals surface area contributed by atoms with Gasteiger partial charge in [0, 0.05) is 25.6 Å². The number of amides is 2. The summed E-state index contributed by atoms with van der Waals surface area (Å²) in [7, 11) is 0. The van der Waals surface area contributed by atoms with Crippen LogP contribution in [0.25, 0.3) is 11.1 Å². The predicted molar refractivity (Wildman–Crippen MR) is 114 cm³/mol. The van der Waals surface area contributed by atoms with Crippen molar-refractivity contribution in [3.8, 4) is 11.1 Å². The number of anilines is 2. The van der Waals surface area contributed by atoms with Crippen molar-refractivity contribution in [3.05, 3.63) is 48.0 Å². The number of piperidine rings is 1. The largest absolute Gasteiger partial charge is 0.442 e. The van der Waals surface area contributed by atoms with Crippen LogP contribution < -0.4 is 15.1 Å². The molecule has 6 nitrogen and oxygen atoms in total. The summed E-state index contributed by atoms with van der Waals surface area (Å²) < 4.78 is 34.8. The standard InChI is InChI=1S/C23H25F2N3O3/c1-15(29)26-13-18-14-28(23(30)31-18)17-6-7-19(20(24)12-17)16-5-8-22(21(25)11-16)27-9-3-2-4-10-27/h5-8,11-12,18H,2-4,9-10,13-14H2,1H3,(H,26,29). The minimum absolute atomic E-state index is 0.195. The molecule has 0 aliphatic carbocycles. The van der Waals surface area contributed by atoms with E-state index in [1.807, 2.05) is 4.90 Å². The van der Waals surface area contributed by atoms with Gasteiger partial charge in [-0.05, 0) is 55.2 Å². The van der Waals surface area contributed by atoms with E-state index in [1.165, 1.54) is 30.0 Å². The van der Waals surface area contributed by atoms with Crippen molar-refractivity contribution in [1.82, 2.24) is 5.32 Å². The summed E-state index contributed by atoms with van der Waals surface area (Å²) in [6.45, 7) is 3.44. The van der Waals surface area contributed by atoms with Crippen molar-refractivity contribution in [2.75, 3.05) is 36.0 Å². The highest BCUT2D eigenvalue weighted by Crippen LogP contribution is 2.32. The highest BCUT2D eigenvalue weighted by atomic mass is 19.1. The number of carbonyl (C=O) groups excluding carboxylic acids is 2. The quantitative estimate of drug-likeness (QED) is 0.778. The Kier molecular flexibility index (Phi) is 6.06. The molecule has 2 fully saturated rings. The molecule has 2 aliphatic rings. The van der Waals surface area contributed by atoms with Gasteiger partial charge in [0.05, 0.1) is 24.5 Å². The number of ether oxygens (including phenoxy) is 1. The Labute approximate surface area is 179 Å². The molecule has 2 heterocycles. The Hall–Kier alpha value is -3.16. The van der Waals surface area contributed by atoms with Crippen LogP contribution in [0.15, 0.2) is 36.4 Å². The number of nitrogens with one attached hydrogen (secondary N) is 1. The maximum atomic E-state index is 14.9. The topological polar surface area (TPSA) is 61.9 Å². The second-order valence-corrected chi connectivity index (χ2v) is 7.93. The fourth-order valence-electron chi connectivity index (χ4n) is 4.07. The van der Waals surface area contributed by atoms with E-state index >= 15 is 0 Å². The second-order valence-electron chi connectivity index (χ2n) is 7.93. The van der Waals surface area contributed by atoms with E-state index in [4.69, 9.17) is 4.74 Å². The molecule has 2 saturated heterocycles. The summed E-state index contributed by atoms with van der Waals surface area (Å²) in [5.41, 5.74) is 1.59. The smallest absolute Gasteiger partial charge is 0.414 e. The number of benzene rings is 2. The number of carbonyl (C=O) groups is 2. The molecule has 8 heteroatoms. The summed E-state index contributed by atoms with van der Waals surface area (Å²) in [6, 6.07) is 9.17. The van der Waals surface area contributed by atoms with Gasteiger partial charge in [-0.15, -0.1) is 0 Å². The van der Waals surface area contributed by atoms with Gasteiger partial charge in [0.1, 0.15) is 17.7 Å². The second kappa shape index (κ2) is 8.91. The first-order chi connectivity index (χ1) is 14.9. The molecule has 31 heavy (non-hydrogen) atoms. The van der Waals surface area contributed by atoms with Crippen LogP contribution in [0.2, 0.25) is 0 Å². The molecule has 4 rings (SSSR count). The predicted octanol–water partition coefficient (Wildman–Crippen LogP) is 4.08.